The number of hydrogen-bond donors (Lipinski definition) is 1. The quantitative estimate of drug-likeness (QED) is 0.880. The van der Waals surface area contributed by atoms with Gasteiger partial charge >= 0.3 is 0 Å². The summed E-state index contributed by atoms with van der Waals surface area (Å²) in [5, 5.41) is 7.57. The Bertz CT molecular complexity index is 568. The molecule has 1 unspecified atom stereocenters. The molecule has 20 heavy (non-hydrogen) atoms. The number of hydrogen-bond acceptors (Lipinski definition) is 5. The average molecular weight is 291 g/mol. The predicted octanol–water partition coefficient (Wildman–Crippen LogP) is 2.20. The van der Waals surface area contributed by atoms with Gasteiger partial charge in [0.1, 0.15) is 18.7 Å². The van der Waals surface area contributed by atoms with E-state index in [1.807, 2.05) is 0 Å². The Morgan fingerprint density at radius 1 is 1.40 bits per heavy atom. The van der Waals surface area contributed by atoms with E-state index in [1.165, 1.54) is 35.1 Å². The molecule has 0 aliphatic heterocycles. The minimum Gasteiger partial charge on any atom is -0.300 e. The maximum Gasteiger partial charge on any atom is 0.250 e. The summed E-state index contributed by atoms with van der Waals surface area (Å²) in [6.07, 6.45) is 8.77. The van der Waals surface area contributed by atoms with Crippen LogP contribution in [-0.4, -0.2) is 25.7 Å². The van der Waals surface area contributed by atoms with Crippen molar-refractivity contribution in [3.63, 3.8) is 0 Å². The van der Waals surface area contributed by atoms with Crippen LogP contribution in [0.4, 0.5) is 5.13 Å². The molecule has 106 valence electrons. The lowest BCUT2D eigenvalue weighted by atomic mass is 10.2. The molecule has 1 atom stereocenters. The number of anilines is 1. The second-order valence-electron chi connectivity index (χ2n) is 4.99. The number of aryl methyl sites for hydroxylation is 2. The van der Waals surface area contributed by atoms with E-state index in [-0.39, 0.29) is 11.9 Å². The van der Waals surface area contributed by atoms with Crippen LogP contribution in [0.1, 0.15) is 42.8 Å². The molecule has 2 aromatic heterocycles. The Hall–Kier alpha value is -1.76. The van der Waals surface area contributed by atoms with Gasteiger partial charge in [0.25, 0.3) is 5.91 Å². The van der Waals surface area contributed by atoms with Crippen molar-refractivity contribution in [3.8, 4) is 0 Å². The molecule has 0 saturated heterocycles. The summed E-state index contributed by atoms with van der Waals surface area (Å²) in [6, 6.07) is -0.388. The van der Waals surface area contributed by atoms with Crippen molar-refractivity contribution >= 4 is 22.4 Å². The Morgan fingerprint density at radius 2 is 2.25 bits per heavy atom. The zero-order valence-electron chi connectivity index (χ0n) is 11.4. The fourth-order valence-corrected chi connectivity index (χ4v) is 3.38. The van der Waals surface area contributed by atoms with Gasteiger partial charge < -0.3 is 5.32 Å². The van der Waals surface area contributed by atoms with Crippen molar-refractivity contribution in [1.29, 1.82) is 0 Å². The molecule has 7 heteroatoms. The molecule has 0 fully saturated rings. The number of carbonyl (C=O) groups is 1. The van der Waals surface area contributed by atoms with Crippen molar-refractivity contribution in [1.82, 2.24) is 19.7 Å². The first-order valence-corrected chi connectivity index (χ1v) is 7.69. The van der Waals surface area contributed by atoms with Gasteiger partial charge in [0, 0.05) is 4.88 Å². The molecule has 1 amide bonds. The molecule has 0 bridgehead atoms. The van der Waals surface area contributed by atoms with Gasteiger partial charge in [-0.15, -0.1) is 11.3 Å². The third kappa shape index (κ3) is 2.72. The van der Waals surface area contributed by atoms with Crippen molar-refractivity contribution in [2.75, 3.05) is 5.32 Å². The summed E-state index contributed by atoms with van der Waals surface area (Å²) in [5.41, 5.74) is 1.16. The van der Waals surface area contributed by atoms with Gasteiger partial charge in [0.2, 0.25) is 0 Å². The summed E-state index contributed by atoms with van der Waals surface area (Å²) in [4.78, 5) is 21.9. The number of nitrogens with one attached hydrogen (secondary N) is 1. The van der Waals surface area contributed by atoms with Crippen molar-refractivity contribution in [3.05, 3.63) is 23.2 Å². The SMILES string of the molecule is CC(C(=O)Nc1nc2c(s1)CCCCC2)n1cncn1. The van der Waals surface area contributed by atoms with Gasteiger partial charge in [-0.1, -0.05) is 6.42 Å². The molecule has 1 aliphatic rings. The van der Waals surface area contributed by atoms with E-state index in [4.69, 9.17) is 0 Å². The predicted molar refractivity (Wildman–Crippen MR) is 76.7 cm³/mol. The highest BCUT2D eigenvalue weighted by atomic mass is 32.1. The highest BCUT2D eigenvalue weighted by Gasteiger charge is 2.19. The molecule has 0 spiro atoms. The standard InChI is InChI=1S/C13H17N5OS/c1-9(18-8-14-7-15-18)12(19)17-13-16-10-5-3-2-4-6-11(10)20-13/h7-9H,2-6H2,1H3,(H,16,17,19). The van der Waals surface area contributed by atoms with Crippen LogP contribution >= 0.6 is 11.3 Å². The van der Waals surface area contributed by atoms with Crippen LogP contribution in [0.2, 0.25) is 0 Å². The zero-order chi connectivity index (χ0) is 13.9. The highest BCUT2D eigenvalue weighted by Crippen LogP contribution is 2.29. The largest absolute Gasteiger partial charge is 0.300 e. The maximum absolute atomic E-state index is 12.2. The topological polar surface area (TPSA) is 72.7 Å². The van der Waals surface area contributed by atoms with Crippen LogP contribution in [0.5, 0.6) is 0 Å². The second-order valence-corrected chi connectivity index (χ2v) is 6.07. The summed E-state index contributed by atoms with van der Waals surface area (Å²) >= 11 is 1.60. The molecule has 1 N–H and O–H groups in total. The van der Waals surface area contributed by atoms with Gasteiger partial charge in [-0.2, -0.15) is 5.10 Å². The number of aromatic nitrogens is 4. The maximum atomic E-state index is 12.2. The van der Waals surface area contributed by atoms with Crippen LogP contribution in [-0.2, 0) is 17.6 Å². The van der Waals surface area contributed by atoms with Gasteiger partial charge in [-0.3, -0.25) is 4.79 Å². The smallest absolute Gasteiger partial charge is 0.250 e. The molecule has 3 rings (SSSR count). The van der Waals surface area contributed by atoms with Gasteiger partial charge in [-0.25, -0.2) is 14.6 Å². The van der Waals surface area contributed by atoms with Crippen LogP contribution in [0.3, 0.4) is 0 Å². The fourth-order valence-electron chi connectivity index (χ4n) is 2.33. The number of fused-ring (bicyclic) bond motifs is 1. The van der Waals surface area contributed by atoms with Crippen molar-refractivity contribution < 1.29 is 4.79 Å². The molecule has 0 saturated carbocycles. The van der Waals surface area contributed by atoms with Crippen molar-refractivity contribution in [2.24, 2.45) is 0 Å². The van der Waals surface area contributed by atoms with E-state index in [0.717, 1.165) is 18.5 Å². The van der Waals surface area contributed by atoms with Crippen LogP contribution < -0.4 is 5.32 Å². The first-order valence-electron chi connectivity index (χ1n) is 6.87. The third-order valence-corrected chi connectivity index (χ3v) is 4.61. The lowest BCUT2D eigenvalue weighted by molar-refractivity contribution is -0.119. The van der Waals surface area contributed by atoms with Crippen LogP contribution in [0.25, 0.3) is 0 Å². The number of rotatable bonds is 3. The van der Waals surface area contributed by atoms with Gasteiger partial charge in [0.05, 0.1) is 5.69 Å². The van der Waals surface area contributed by atoms with E-state index in [0.29, 0.717) is 5.13 Å². The molecule has 2 heterocycles. The van der Waals surface area contributed by atoms with E-state index >= 15 is 0 Å². The van der Waals surface area contributed by atoms with E-state index in [2.05, 4.69) is 20.4 Å². The first-order chi connectivity index (χ1) is 9.74. The van der Waals surface area contributed by atoms with E-state index in [9.17, 15) is 4.79 Å². The molecular weight excluding hydrogens is 274 g/mol. The summed E-state index contributed by atoms with van der Waals surface area (Å²) in [7, 11) is 0. The number of amides is 1. The summed E-state index contributed by atoms with van der Waals surface area (Å²) in [5.74, 6) is -0.112. The lowest BCUT2D eigenvalue weighted by Crippen LogP contribution is -2.23. The highest BCUT2D eigenvalue weighted by molar-refractivity contribution is 7.15. The molecule has 2 aromatic rings. The summed E-state index contributed by atoms with van der Waals surface area (Å²) in [6.45, 7) is 1.79. The van der Waals surface area contributed by atoms with Crippen LogP contribution in [0, 0.1) is 0 Å². The molecule has 0 aromatic carbocycles. The first kappa shape index (κ1) is 13.2. The van der Waals surface area contributed by atoms with E-state index < -0.39 is 0 Å². The molecule has 0 radical (unpaired) electrons. The minimum atomic E-state index is -0.388. The van der Waals surface area contributed by atoms with Crippen LogP contribution in [0.15, 0.2) is 12.7 Å². The Labute approximate surface area is 121 Å². The van der Waals surface area contributed by atoms with Crippen molar-refractivity contribution in [2.45, 2.75) is 45.1 Å². The Morgan fingerprint density at radius 3 is 3.05 bits per heavy atom. The average Bonchev–Trinajstić information content (AvgIpc) is 3.04. The molecule has 6 nitrogen and oxygen atoms in total. The zero-order valence-corrected chi connectivity index (χ0v) is 12.2. The molecule has 1 aliphatic carbocycles. The van der Waals surface area contributed by atoms with Gasteiger partial charge in [-0.05, 0) is 32.6 Å². The minimum absolute atomic E-state index is 0.112. The van der Waals surface area contributed by atoms with E-state index in [1.54, 1.807) is 24.6 Å². The number of carbonyl (C=O) groups excluding carboxylic acids is 1. The number of nitrogens with zero attached hydrogens (tertiary/aromatic N) is 4. The summed E-state index contributed by atoms with van der Waals surface area (Å²) < 4.78 is 1.54. The molecular formula is C13H17N5OS. The fraction of sp³-hybridized carbons (Fsp3) is 0.538. The van der Waals surface area contributed by atoms with Gasteiger partial charge in [0.15, 0.2) is 5.13 Å². The normalized spacial score (nSPS) is 16.2. The third-order valence-electron chi connectivity index (χ3n) is 3.54. The second kappa shape index (κ2) is 5.70. The monoisotopic (exact) mass is 291 g/mol. The lowest BCUT2D eigenvalue weighted by Gasteiger charge is -2.09. The Kier molecular flexibility index (Phi) is 3.77. The number of thiazole rings is 1. The Balaban J connectivity index is 1.70.